The number of carbonyl (C=O) groups is 3. The number of amides is 3. The zero-order valence-corrected chi connectivity index (χ0v) is 14.1. The van der Waals surface area contributed by atoms with Gasteiger partial charge in [-0.1, -0.05) is 24.8 Å². The Kier molecular flexibility index (Phi) is 6.98. The van der Waals surface area contributed by atoms with Crippen LogP contribution in [0.5, 0.6) is 0 Å². The van der Waals surface area contributed by atoms with Crippen LogP contribution in [0, 0.1) is 0 Å². The Morgan fingerprint density at radius 2 is 1.83 bits per heavy atom. The smallest absolute Gasteiger partial charge is 0.408 e. The van der Waals surface area contributed by atoms with E-state index in [2.05, 4.69) is 22.5 Å². The summed E-state index contributed by atoms with van der Waals surface area (Å²) in [5.74, 6) is -0.703. The van der Waals surface area contributed by atoms with E-state index in [0.29, 0.717) is 5.69 Å². The first-order chi connectivity index (χ1) is 11.2. The number of benzene rings is 1. The summed E-state index contributed by atoms with van der Waals surface area (Å²) in [5, 5.41) is 7.71. The van der Waals surface area contributed by atoms with Gasteiger partial charge in [0, 0.05) is 12.2 Å². The Morgan fingerprint density at radius 1 is 1.17 bits per heavy atom. The van der Waals surface area contributed by atoms with Crippen molar-refractivity contribution < 1.29 is 19.1 Å². The molecular weight excluding hydrogens is 310 g/mol. The second kappa shape index (κ2) is 8.71. The minimum atomic E-state index is -0.663. The third-order valence-corrected chi connectivity index (χ3v) is 2.72. The molecule has 0 atom stereocenters. The van der Waals surface area contributed by atoms with E-state index in [1.807, 2.05) is 0 Å². The largest absolute Gasteiger partial charge is 0.444 e. The fourth-order valence-corrected chi connectivity index (χ4v) is 1.71. The molecule has 0 aliphatic carbocycles. The first-order valence-corrected chi connectivity index (χ1v) is 7.46. The highest BCUT2D eigenvalue weighted by molar-refractivity contribution is 5.94. The molecule has 24 heavy (non-hydrogen) atoms. The van der Waals surface area contributed by atoms with Crippen LogP contribution >= 0.6 is 0 Å². The van der Waals surface area contributed by atoms with E-state index in [9.17, 15) is 14.4 Å². The normalized spacial score (nSPS) is 10.5. The van der Waals surface area contributed by atoms with Gasteiger partial charge in [-0.3, -0.25) is 9.59 Å². The number of ether oxygens (including phenoxy) is 1. The van der Waals surface area contributed by atoms with E-state index in [1.165, 1.54) is 6.08 Å². The van der Waals surface area contributed by atoms with Gasteiger partial charge in [0.25, 0.3) is 0 Å². The van der Waals surface area contributed by atoms with Gasteiger partial charge in [0.2, 0.25) is 11.8 Å². The van der Waals surface area contributed by atoms with Crippen molar-refractivity contribution in [2.75, 3.05) is 11.9 Å². The summed E-state index contributed by atoms with van der Waals surface area (Å²) in [4.78, 5) is 34.7. The second-order valence-corrected chi connectivity index (χ2v) is 5.98. The first-order valence-electron chi connectivity index (χ1n) is 7.46. The summed E-state index contributed by atoms with van der Waals surface area (Å²) in [6, 6.07) is 7.04. The summed E-state index contributed by atoms with van der Waals surface area (Å²) in [5.41, 5.74) is 0.660. The minimum Gasteiger partial charge on any atom is -0.444 e. The maximum atomic E-state index is 11.9. The first kappa shape index (κ1) is 19.2. The number of alkyl carbamates (subject to hydrolysis) is 1. The highest BCUT2D eigenvalue weighted by Gasteiger charge is 2.16. The lowest BCUT2D eigenvalue weighted by atomic mass is 10.1. The van der Waals surface area contributed by atoms with E-state index in [1.54, 1.807) is 45.0 Å². The Hall–Kier alpha value is -2.83. The molecule has 7 nitrogen and oxygen atoms in total. The van der Waals surface area contributed by atoms with Crippen LogP contribution in [0.25, 0.3) is 0 Å². The highest BCUT2D eigenvalue weighted by atomic mass is 16.6. The van der Waals surface area contributed by atoms with Crippen molar-refractivity contribution in [2.24, 2.45) is 0 Å². The average Bonchev–Trinajstić information content (AvgIpc) is 2.50. The highest BCUT2D eigenvalue weighted by Crippen LogP contribution is 2.14. The van der Waals surface area contributed by atoms with Gasteiger partial charge in [-0.05, 0) is 38.5 Å². The Morgan fingerprint density at radius 3 is 2.46 bits per heavy atom. The molecule has 1 rings (SSSR count). The molecule has 0 fully saturated rings. The Bertz CT molecular complexity index is 621. The van der Waals surface area contributed by atoms with Crippen molar-refractivity contribution in [2.45, 2.75) is 32.9 Å². The number of para-hydroxylation sites is 1. The molecule has 0 radical (unpaired) electrons. The van der Waals surface area contributed by atoms with Gasteiger partial charge in [-0.2, -0.15) is 0 Å². The van der Waals surface area contributed by atoms with Gasteiger partial charge in [-0.25, -0.2) is 4.79 Å². The van der Waals surface area contributed by atoms with E-state index in [0.717, 1.165) is 5.56 Å². The molecule has 0 saturated heterocycles. The molecular formula is C17H23N3O4. The number of anilines is 1. The molecule has 0 aromatic heterocycles. The average molecular weight is 333 g/mol. The molecule has 1 aromatic carbocycles. The Balaban J connectivity index is 2.56. The molecule has 0 heterocycles. The van der Waals surface area contributed by atoms with Crippen LogP contribution in [0.2, 0.25) is 0 Å². The number of hydrogen-bond acceptors (Lipinski definition) is 4. The summed E-state index contributed by atoms with van der Waals surface area (Å²) >= 11 is 0. The lowest BCUT2D eigenvalue weighted by molar-refractivity contribution is -0.116. The van der Waals surface area contributed by atoms with Crippen molar-refractivity contribution in [3.63, 3.8) is 0 Å². The van der Waals surface area contributed by atoms with Crippen LogP contribution in [0.15, 0.2) is 36.9 Å². The summed E-state index contributed by atoms with van der Waals surface area (Å²) in [6.07, 6.45) is 0.510. The van der Waals surface area contributed by atoms with Crippen LogP contribution < -0.4 is 16.0 Å². The maximum absolute atomic E-state index is 11.9. The second-order valence-electron chi connectivity index (χ2n) is 5.98. The van der Waals surface area contributed by atoms with Crippen LogP contribution in [-0.2, 0) is 20.9 Å². The molecule has 1 aromatic rings. The molecule has 0 spiro atoms. The van der Waals surface area contributed by atoms with Gasteiger partial charge in [-0.15, -0.1) is 0 Å². The molecule has 0 aliphatic heterocycles. The lowest BCUT2D eigenvalue weighted by Crippen LogP contribution is -2.37. The fourth-order valence-electron chi connectivity index (χ4n) is 1.71. The molecule has 130 valence electrons. The van der Waals surface area contributed by atoms with E-state index < -0.39 is 17.6 Å². The molecule has 3 N–H and O–H groups in total. The zero-order chi connectivity index (χ0) is 18.2. The van der Waals surface area contributed by atoms with Crippen LogP contribution in [-0.4, -0.2) is 30.1 Å². The molecule has 0 unspecified atom stereocenters. The van der Waals surface area contributed by atoms with Crippen molar-refractivity contribution in [3.05, 3.63) is 42.5 Å². The number of carbonyl (C=O) groups excluding carboxylic acids is 3. The molecule has 0 saturated carbocycles. The molecule has 3 amide bonds. The summed E-state index contributed by atoms with van der Waals surface area (Å²) in [7, 11) is 0. The topological polar surface area (TPSA) is 96.5 Å². The van der Waals surface area contributed by atoms with Crippen LogP contribution in [0.4, 0.5) is 10.5 Å². The van der Waals surface area contributed by atoms with Gasteiger partial charge >= 0.3 is 6.09 Å². The maximum Gasteiger partial charge on any atom is 0.408 e. The SMILES string of the molecule is C=CC(=O)NCc1ccccc1NC(=O)CNC(=O)OC(C)(C)C. The standard InChI is InChI=1S/C17H23N3O4/c1-5-14(21)18-10-12-8-6-7-9-13(12)20-15(22)11-19-16(23)24-17(2,3)4/h5-9H,1,10-11H2,2-4H3,(H,18,21)(H,19,23)(H,20,22). The van der Waals surface area contributed by atoms with Crippen molar-refractivity contribution in [1.82, 2.24) is 10.6 Å². The van der Waals surface area contributed by atoms with Crippen LogP contribution in [0.1, 0.15) is 26.3 Å². The third-order valence-electron chi connectivity index (χ3n) is 2.72. The van der Waals surface area contributed by atoms with Gasteiger partial charge in [0.15, 0.2) is 0 Å². The van der Waals surface area contributed by atoms with Crippen molar-refractivity contribution >= 4 is 23.6 Å². The summed E-state index contributed by atoms with van der Waals surface area (Å²) < 4.78 is 5.05. The number of nitrogens with one attached hydrogen (secondary N) is 3. The number of rotatable bonds is 6. The van der Waals surface area contributed by atoms with Gasteiger partial charge < -0.3 is 20.7 Å². The quantitative estimate of drug-likeness (QED) is 0.693. The summed E-state index contributed by atoms with van der Waals surface area (Å²) in [6.45, 7) is 8.62. The third kappa shape index (κ3) is 7.44. The van der Waals surface area contributed by atoms with Crippen molar-refractivity contribution in [1.29, 1.82) is 0 Å². The fraction of sp³-hybridized carbons (Fsp3) is 0.353. The van der Waals surface area contributed by atoms with E-state index >= 15 is 0 Å². The predicted octanol–water partition coefficient (Wildman–Crippen LogP) is 1.95. The van der Waals surface area contributed by atoms with E-state index in [4.69, 9.17) is 4.74 Å². The lowest BCUT2D eigenvalue weighted by Gasteiger charge is -2.19. The van der Waals surface area contributed by atoms with E-state index in [-0.39, 0.29) is 19.0 Å². The van der Waals surface area contributed by atoms with Crippen LogP contribution in [0.3, 0.4) is 0 Å². The minimum absolute atomic E-state index is 0.220. The zero-order valence-electron chi connectivity index (χ0n) is 14.1. The molecule has 0 bridgehead atoms. The molecule has 0 aliphatic rings. The van der Waals surface area contributed by atoms with Gasteiger partial charge in [0.05, 0.1) is 0 Å². The molecule has 7 heteroatoms. The predicted molar refractivity (Wildman–Crippen MR) is 91.4 cm³/mol. The van der Waals surface area contributed by atoms with Crippen molar-refractivity contribution in [3.8, 4) is 0 Å². The number of hydrogen-bond donors (Lipinski definition) is 3. The van der Waals surface area contributed by atoms with Gasteiger partial charge in [0.1, 0.15) is 12.1 Å². The Labute approximate surface area is 141 Å². The monoisotopic (exact) mass is 333 g/mol.